The number of rotatable bonds is 1. The second kappa shape index (κ2) is 5.16. The average molecular weight is 286 g/mol. The highest BCUT2D eigenvalue weighted by atomic mass is 35.5. The zero-order valence-electron chi connectivity index (χ0n) is 10.8. The molecule has 5 nitrogen and oxygen atoms in total. The Kier molecular flexibility index (Phi) is 3.56. The molecule has 0 aliphatic carbocycles. The molecule has 1 aliphatic heterocycles. The van der Waals surface area contributed by atoms with E-state index in [0.29, 0.717) is 10.6 Å². The normalized spacial score (nSPS) is 18.8. The molecule has 20 heavy (non-hydrogen) atoms. The number of hydrogen-bond donors (Lipinski definition) is 2. The average Bonchev–Trinajstić information content (AvgIpc) is 2.44. The number of halogens is 1. The fraction of sp³-hybridized carbons (Fsp3) is 0.143. The van der Waals surface area contributed by atoms with Gasteiger partial charge in [0.15, 0.2) is 0 Å². The molecule has 0 fully saturated rings. The van der Waals surface area contributed by atoms with E-state index in [9.17, 15) is 5.26 Å². The molecule has 4 N–H and O–H groups in total. The van der Waals surface area contributed by atoms with Crippen LogP contribution in [0.25, 0.3) is 0 Å². The molecule has 0 radical (unpaired) electrons. The molecule has 0 amide bonds. The van der Waals surface area contributed by atoms with E-state index in [1.807, 2.05) is 6.07 Å². The van der Waals surface area contributed by atoms with Gasteiger partial charge in [-0.2, -0.15) is 10.5 Å². The van der Waals surface area contributed by atoms with Crippen molar-refractivity contribution in [1.82, 2.24) is 4.90 Å². The van der Waals surface area contributed by atoms with Crippen LogP contribution in [0.5, 0.6) is 0 Å². The third kappa shape index (κ3) is 2.05. The molecule has 1 aromatic carbocycles. The minimum atomic E-state index is -0.422. The Morgan fingerprint density at radius 1 is 1.15 bits per heavy atom. The summed E-state index contributed by atoms with van der Waals surface area (Å²) in [5, 5.41) is 19.1. The maximum Gasteiger partial charge on any atom is 0.120 e. The van der Waals surface area contributed by atoms with Crippen LogP contribution in [0.1, 0.15) is 11.6 Å². The van der Waals surface area contributed by atoms with Gasteiger partial charge in [0, 0.05) is 12.1 Å². The molecular weight excluding hydrogens is 274 g/mol. The van der Waals surface area contributed by atoms with Gasteiger partial charge in [0.1, 0.15) is 17.5 Å². The van der Waals surface area contributed by atoms with Crippen LogP contribution in [0.3, 0.4) is 0 Å². The molecule has 2 rings (SSSR count). The maximum atomic E-state index is 9.35. The van der Waals surface area contributed by atoms with Gasteiger partial charge in [-0.15, -0.1) is 0 Å². The van der Waals surface area contributed by atoms with E-state index in [0.717, 1.165) is 5.56 Å². The van der Waals surface area contributed by atoms with Gasteiger partial charge in [0.05, 0.1) is 23.4 Å². The largest absolute Gasteiger partial charge is 0.397 e. The Morgan fingerprint density at radius 3 is 2.25 bits per heavy atom. The molecule has 0 saturated carbocycles. The van der Waals surface area contributed by atoms with Gasteiger partial charge in [-0.25, -0.2) is 0 Å². The molecule has 6 heteroatoms. The van der Waals surface area contributed by atoms with Crippen LogP contribution in [0.4, 0.5) is 0 Å². The van der Waals surface area contributed by atoms with Gasteiger partial charge in [0.25, 0.3) is 0 Å². The number of allylic oxidation sites excluding steroid dienone is 1. The van der Waals surface area contributed by atoms with Crippen molar-refractivity contribution in [3.8, 4) is 12.1 Å². The van der Waals surface area contributed by atoms with Crippen molar-refractivity contribution >= 4 is 11.6 Å². The third-order valence-corrected chi connectivity index (χ3v) is 3.53. The van der Waals surface area contributed by atoms with Crippen LogP contribution in [-0.2, 0) is 0 Å². The SMILES string of the molecule is CN1C(N)=C(C#N)C(N)=C(C#N)C1c1ccc(Cl)cc1. The molecule has 1 aliphatic rings. The first-order valence-corrected chi connectivity index (χ1v) is 6.17. The Morgan fingerprint density at radius 2 is 1.75 bits per heavy atom. The summed E-state index contributed by atoms with van der Waals surface area (Å²) in [5.41, 5.74) is 13.2. The van der Waals surface area contributed by atoms with E-state index in [4.69, 9.17) is 28.3 Å². The summed E-state index contributed by atoms with van der Waals surface area (Å²) in [6.07, 6.45) is 0. The lowest BCUT2D eigenvalue weighted by Crippen LogP contribution is -2.36. The number of nitrogens with two attached hydrogens (primary N) is 2. The summed E-state index contributed by atoms with van der Waals surface area (Å²) >= 11 is 5.87. The highest BCUT2D eigenvalue weighted by molar-refractivity contribution is 6.30. The smallest absolute Gasteiger partial charge is 0.120 e. The molecular formula is C14H12ClN5. The van der Waals surface area contributed by atoms with Crippen molar-refractivity contribution in [3.05, 3.63) is 57.5 Å². The van der Waals surface area contributed by atoms with Crippen LogP contribution in [0.2, 0.25) is 5.02 Å². The van der Waals surface area contributed by atoms with Crippen LogP contribution < -0.4 is 11.5 Å². The Labute approximate surface area is 121 Å². The second-order valence-corrected chi connectivity index (χ2v) is 4.81. The molecule has 1 aromatic rings. The zero-order valence-corrected chi connectivity index (χ0v) is 11.5. The van der Waals surface area contributed by atoms with Gasteiger partial charge in [-0.1, -0.05) is 23.7 Å². The quantitative estimate of drug-likeness (QED) is 0.818. The minimum absolute atomic E-state index is 0.130. The minimum Gasteiger partial charge on any atom is -0.397 e. The number of nitrogens with zero attached hydrogens (tertiary/aromatic N) is 3. The van der Waals surface area contributed by atoms with Gasteiger partial charge in [-0.05, 0) is 17.7 Å². The third-order valence-electron chi connectivity index (χ3n) is 3.27. The predicted octanol–water partition coefficient (Wildman–Crippen LogP) is 1.76. The summed E-state index contributed by atoms with van der Waals surface area (Å²) in [4.78, 5) is 1.66. The Bertz CT molecular complexity index is 688. The summed E-state index contributed by atoms with van der Waals surface area (Å²) in [5.74, 6) is 0.254. The van der Waals surface area contributed by atoms with E-state index in [1.54, 1.807) is 36.2 Å². The second-order valence-electron chi connectivity index (χ2n) is 4.38. The molecule has 0 bridgehead atoms. The number of hydrogen-bond acceptors (Lipinski definition) is 5. The van der Waals surface area contributed by atoms with Crippen LogP contribution >= 0.6 is 11.6 Å². The number of benzene rings is 1. The van der Waals surface area contributed by atoms with Gasteiger partial charge >= 0.3 is 0 Å². The Hall–Kier alpha value is -2.63. The molecule has 100 valence electrons. The first kappa shape index (κ1) is 13.8. The zero-order chi connectivity index (χ0) is 14.9. The molecule has 0 aromatic heterocycles. The maximum absolute atomic E-state index is 9.35. The van der Waals surface area contributed by atoms with Crippen molar-refractivity contribution in [1.29, 1.82) is 10.5 Å². The van der Waals surface area contributed by atoms with Gasteiger partial charge in [0.2, 0.25) is 0 Å². The number of likely N-dealkylation sites (N-methyl/N-ethyl adjacent to an activating group) is 1. The standard InChI is InChI=1S/C14H12ClN5/c1-20-13(8-2-4-9(15)5-3-8)10(6-16)12(18)11(7-17)14(20)19/h2-5,13H,18-19H2,1H3. The predicted molar refractivity (Wildman–Crippen MR) is 75.6 cm³/mol. The summed E-state index contributed by atoms with van der Waals surface area (Å²) in [6.45, 7) is 0. The molecule has 0 spiro atoms. The van der Waals surface area contributed by atoms with Crippen LogP contribution in [0, 0.1) is 22.7 Å². The molecule has 1 atom stereocenters. The number of nitriles is 2. The highest BCUT2D eigenvalue weighted by Crippen LogP contribution is 2.36. The lowest BCUT2D eigenvalue weighted by atomic mass is 9.91. The fourth-order valence-corrected chi connectivity index (χ4v) is 2.33. The lowest BCUT2D eigenvalue weighted by molar-refractivity contribution is 0.337. The van der Waals surface area contributed by atoms with E-state index in [2.05, 4.69) is 6.07 Å². The summed E-state index contributed by atoms with van der Waals surface area (Å²) in [7, 11) is 1.72. The van der Waals surface area contributed by atoms with Gasteiger partial charge < -0.3 is 16.4 Å². The monoisotopic (exact) mass is 285 g/mol. The van der Waals surface area contributed by atoms with E-state index < -0.39 is 6.04 Å². The van der Waals surface area contributed by atoms with Crippen molar-refractivity contribution in [2.75, 3.05) is 7.05 Å². The van der Waals surface area contributed by atoms with E-state index in [-0.39, 0.29) is 17.1 Å². The first-order chi connectivity index (χ1) is 9.51. The first-order valence-electron chi connectivity index (χ1n) is 5.79. The Balaban J connectivity index is 2.61. The fourth-order valence-electron chi connectivity index (χ4n) is 2.20. The lowest BCUT2D eigenvalue weighted by Gasteiger charge is -2.34. The molecule has 1 heterocycles. The van der Waals surface area contributed by atoms with E-state index >= 15 is 0 Å². The van der Waals surface area contributed by atoms with Crippen LogP contribution in [-0.4, -0.2) is 11.9 Å². The van der Waals surface area contributed by atoms with Gasteiger partial charge in [-0.3, -0.25) is 0 Å². The van der Waals surface area contributed by atoms with Crippen molar-refractivity contribution < 1.29 is 0 Å². The van der Waals surface area contributed by atoms with Crippen molar-refractivity contribution in [2.45, 2.75) is 6.04 Å². The van der Waals surface area contributed by atoms with Crippen molar-refractivity contribution in [2.24, 2.45) is 11.5 Å². The topological polar surface area (TPSA) is 103 Å². The summed E-state index contributed by atoms with van der Waals surface area (Å²) in [6, 6.07) is 10.7. The van der Waals surface area contributed by atoms with E-state index in [1.165, 1.54) is 0 Å². The molecule has 0 saturated heterocycles. The molecule has 1 unspecified atom stereocenters. The van der Waals surface area contributed by atoms with Crippen LogP contribution in [0.15, 0.2) is 46.9 Å². The van der Waals surface area contributed by atoms with Crippen molar-refractivity contribution in [3.63, 3.8) is 0 Å². The highest BCUT2D eigenvalue weighted by Gasteiger charge is 2.32. The summed E-state index contributed by atoms with van der Waals surface area (Å²) < 4.78 is 0.